The number of nitrogens with one attached hydrogen (secondary N) is 2. The molecule has 2 rings (SSSR count). The van der Waals surface area contributed by atoms with Crippen LogP contribution in [0.15, 0.2) is 29.3 Å². The van der Waals surface area contributed by atoms with Gasteiger partial charge in [-0.15, -0.1) is 0 Å². The van der Waals surface area contributed by atoms with Crippen LogP contribution < -0.4 is 10.6 Å². The second kappa shape index (κ2) is 9.67. The van der Waals surface area contributed by atoms with Crippen LogP contribution in [0.2, 0.25) is 0 Å². The van der Waals surface area contributed by atoms with Crippen LogP contribution in [0.1, 0.15) is 43.2 Å². The number of likely N-dealkylation sites (tertiary alicyclic amines) is 1. The Kier molecular flexibility index (Phi) is 7.57. The average Bonchev–Trinajstić information content (AvgIpc) is 2.60. The highest BCUT2D eigenvalue weighted by Crippen LogP contribution is 2.18. The lowest BCUT2D eigenvalue weighted by Gasteiger charge is -2.29. The Labute approximate surface area is 147 Å². The molecule has 1 heterocycles. The highest BCUT2D eigenvalue weighted by Gasteiger charge is 2.16. The lowest BCUT2D eigenvalue weighted by atomic mass is 9.94. The van der Waals surface area contributed by atoms with Gasteiger partial charge in [-0.1, -0.05) is 36.8 Å². The number of aliphatic imine (C=N–C) groups is 1. The van der Waals surface area contributed by atoms with E-state index in [1.54, 1.807) is 0 Å². The first kappa shape index (κ1) is 18.8. The van der Waals surface area contributed by atoms with Gasteiger partial charge in [0.2, 0.25) is 0 Å². The molecule has 4 nitrogen and oxygen atoms in total. The van der Waals surface area contributed by atoms with Crippen LogP contribution in [0.3, 0.4) is 0 Å². The van der Waals surface area contributed by atoms with E-state index in [0.717, 1.165) is 25.0 Å². The van der Waals surface area contributed by atoms with Crippen LogP contribution in [-0.4, -0.2) is 51.1 Å². The minimum absolute atomic E-state index is 0.470. The summed E-state index contributed by atoms with van der Waals surface area (Å²) < 4.78 is 0. The van der Waals surface area contributed by atoms with Crippen LogP contribution in [0, 0.1) is 12.8 Å². The summed E-state index contributed by atoms with van der Waals surface area (Å²) in [5.41, 5.74) is 2.68. The first-order valence-corrected chi connectivity index (χ1v) is 9.28. The number of nitrogens with zero attached hydrogens (tertiary/aromatic N) is 2. The lowest BCUT2D eigenvalue weighted by molar-refractivity contribution is 0.213. The maximum atomic E-state index is 4.35. The molecule has 0 spiro atoms. The summed E-state index contributed by atoms with van der Waals surface area (Å²) in [4.78, 5) is 6.78. The summed E-state index contributed by atoms with van der Waals surface area (Å²) >= 11 is 0. The smallest absolute Gasteiger partial charge is 0.190 e. The SMILES string of the molecule is CN=C(NCCC1CCN(C)CC1)NCC(C)c1ccc(C)cc1. The molecule has 0 amide bonds. The minimum atomic E-state index is 0.470. The summed E-state index contributed by atoms with van der Waals surface area (Å²) in [5.74, 6) is 2.25. The summed E-state index contributed by atoms with van der Waals surface area (Å²) in [6.07, 6.45) is 3.89. The highest BCUT2D eigenvalue weighted by molar-refractivity contribution is 5.79. The number of guanidine groups is 1. The van der Waals surface area contributed by atoms with Gasteiger partial charge in [0, 0.05) is 20.1 Å². The van der Waals surface area contributed by atoms with Crippen molar-refractivity contribution in [1.29, 1.82) is 0 Å². The Morgan fingerprint density at radius 2 is 1.88 bits per heavy atom. The molecule has 1 fully saturated rings. The zero-order chi connectivity index (χ0) is 17.4. The van der Waals surface area contributed by atoms with Crippen molar-refractivity contribution >= 4 is 5.96 Å². The third-order valence-electron chi connectivity index (χ3n) is 5.13. The second-order valence-corrected chi connectivity index (χ2v) is 7.23. The average molecular weight is 331 g/mol. The Morgan fingerprint density at radius 1 is 1.21 bits per heavy atom. The molecule has 4 heteroatoms. The Balaban J connectivity index is 1.67. The Bertz CT molecular complexity index is 501. The predicted octanol–water partition coefficient (Wildman–Crippen LogP) is 3.00. The quantitative estimate of drug-likeness (QED) is 0.622. The molecule has 1 aliphatic heterocycles. The monoisotopic (exact) mass is 330 g/mol. The number of hydrogen-bond acceptors (Lipinski definition) is 2. The van der Waals surface area contributed by atoms with Crippen LogP contribution in [0.25, 0.3) is 0 Å². The summed E-state index contributed by atoms with van der Waals surface area (Å²) in [6, 6.07) is 8.80. The van der Waals surface area contributed by atoms with Gasteiger partial charge in [-0.05, 0) is 63.7 Å². The lowest BCUT2D eigenvalue weighted by Crippen LogP contribution is -2.40. The van der Waals surface area contributed by atoms with Gasteiger partial charge in [0.15, 0.2) is 5.96 Å². The molecule has 0 aromatic heterocycles. The van der Waals surface area contributed by atoms with Crippen molar-refractivity contribution in [3.05, 3.63) is 35.4 Å². The summed E-state index contributed by atoms with van der Waals surface area (Å²) in [6.45, 7) is 8.77. The topological polar surface area (TPSA) is 39.7 Å². The van der Waals surface area contributed by atoms with Gasteiger partial charge in [0.05, 0.1) is 0 Å². The summed E-state index contributed by atoms with van der Waals surface area (Å²) in [5, 5.41) is 6.93. The number of rotatable bonds is 6. The number of aryl methyl sites for hydroxylation is 1. The van der Waals surface area contributed by atoms with E-state index in [1.165, 1.54) is 43.5 Å². The van der Waals surface area contributed by atoms with E-state index >= 15 is 0 Å². The first-order valence-electron chi connectivity index (χ1n) is 9.28. The molecule has 1 aromatic rings. The fraction of sp³-hybridized carbons (Fsp3) is 0.650. The van der Waals surface area contributed by atoms with Gasteiger partial charge in [0.25, 0.3) is 0 Å². The molecule has 1 unspecified atom stereocenters. The highest BCUT2D eigenvalue weighted by atomic mass is 15.2. The Hall–Kier alpha value is -1.55. The summed E-state index contributed by atoms with van der Waals surface area (Å²) in [7, 11) is 4.07. The van der Waals surface area contributed by atoms with Crippen molar-refractivity contribution in [2.45, 2.75) is 39.0 Å². The van der Waals surface area contributed by atoms with E-state index in [0.29, 0.717) is 5.92 Å². The fourth-order valence-corrected chi connectivity index (χ4v) is 3.23. The van der Waals surface area contributed by atoms with Crippen LogP contribution in [-0.2, 0) is 0 Å². The van der Waals surface area contributed by atoms with Gasteiger partial charge in [-0.2, -0.15) is 0 Å². The van der Waals surface area contributed by atoms with Crippen molar-refractivity contribution in [2.75, 3.05) is 40.3 Å². The first-order chi connectivity index (χ1) is 11.6. The van der Waals surface area contributed by atoms with Gasteiger partial charge >= 0.3 is 0 Å². The molecule has 0 radical (unpaired) electrons. The Morgan fingerprint density at radius 3 is 2.50 bits per heavy atom. The molecule has 0 bridgehead atoms. The van der Waals surface area contributed by atoms with Crippen LogP contribution >= 0.6 is 0 Å². The fourth-order valence-electron chi connectivity index (χ4n) is 3.23. The minimum Gasteiger partial charge on any atom is -0.356 e. The van der Waals surface area contributed by atoms with E-state index in [9.17, 15) is 0 Å². The zero-order valence-electron chi connectivity index (χ0n) is 15.8. The molecule has 1 saturated heterocycles. The largest absolute Gasteiger partial charge is 0.356 e. The third kappa shape index (κ3) is 6.16. The van der Waals surface area contributed by atoms with Crippen molar-refractivity contribution in [1.82, 2.24) is 15.5 Å². The zero-order valence-corrected chi connectivity index (χ0v) is 15.8. The maximum absolute atomic E-state index is 4.35. The van der Waals surface area contributed by atoms with Crippen molar-refractivity contribution in [3.63, 3.8) is 0 Å². The maximum Gasteiger partial charge on any atom is 0.190 e. The number of benzene rings is 1. The number of piperidine rings is 1. The van der Waals surface area contributed by atoms with E-state index in [4.69, 9.17) is 0 Å². The standard InChI is InChI=1S/C20H34N4/c1-16-5-7-19(8-6-16)17(2)15-23-20(21-3)22-12-9-18-10-13-24(4)14-11-18/h5-8,17-18H,9-15H2,1-4H3,(H2,21,22,23). The molecule has 0 aliphatic carbocycles. The van der Waals surface area contributed by atoms with Crippen LogP contribution in [0.4, 0.5) is 0 Å². The third-order valence-corrected chi connectivity index (χ3v) is 5.13. The van der Waals surface area contributed by atoms with E-state index in [1.807, 2.05) is 7.05 Å². The van der Waals surface area contributed by atoms with E-state index < -0.39 is 0 Å². The molecule has 1 aliphatic rings. The molecule has 2 N–H and O–H groups in total. The van der Waals surface area contributed by atoms with E-state index in [-0.39, 0.29) is 0 Å². The van der Waals surface area contributed by atoms with Crippen molar-refractivity contribution < 1.29 is 0 Å². The molecule has 134 valence electrons. The van der Waals surface area contributed by atoms with E-state index in [2.05, 4.69) is 65.7 Å². The molecule has 1 aromatic carbocycles. The molecule has 1 atom stereocenters. The number of hydrogen-bond donors (Lipinski definition) is 2. The second-order valence-electron chi connectivity index (χ2n) is 7.23. The van der Waals surface area contributed by atoms with Crippen LogP contribution in [0.5, 0.6) is 0 Å². The van der Waals surface area contributed by atoms with Crippen molar-refractivity contribution in [2.24, 2.45) is 10.9 Å². The molecule has 24 heavy (non-hydrogen) atoms. The molecular weight excluding hydrogens is 296 g/mol. The predicted molar refractivity (Wildman–Crippen MR) is 104 cm³/mol. The van der Waals surface area contributed by atoms with Gasteiger partial charge < -0.3 is 15.5 Å². The molecule has 0 saturated carbocycles. The van der Waals surface area contributed by atoms with Crippen molar-refractivity contribution in [3.8, 4) is 0 Å². The van der Waals surface area contributed by atoms with Gasteiger partial charge in [0.1, 0.15) is 0 Å². The van der Waals surface area contributed by atoms with Gasteiger partial charge in [-0.3, -0.25) is 4.99 Å². The van der Waals surface area contributed by atoms with Gasteiger partial charge in [-0.25, -0.2) is 0 Å². The molecular formula is C20H34N4. The normalized spacial score (nSPS) is 18.4.